The van der Waals surface area contributed by atoms with Gasteiger partial charge in [0, 0.05) is 12.7 Å². The maximum atomic E-state index is 12.6. The first-order valence-corrected chi connectivity index (χ1v) is 12.1. The number of ether oxygens (including phenoxy) is 1. The van der Waals surface area contributed by atoms with Gasteiger partial charge in [0.1, 0.15) is 5.75 Å². The van der Waals surface area contributed by atoms with E-state index in [1.54, 1.807) is 7.11 Å². The molecule has 2 aromatic carbocycles. The number of carbonyl (C=O) groups is 2. The van der Waals surface area contributed by atoms with Crippen LogP contribution in [0.4, 0.5) is 5.69 Å². The molecule has 3 aromatic rings. The Morgan fingerprint density at radius 2 is 1.85 bits per heavy atom. The first-order chi connectivity index (χ1) is 16.3. The Hall–Kier alpha value is -3.33. The van der Waals surface area contributed by atoms with Crippen LogP contribution < -0.4 is 15.4 Å². The molecule has 8 nitrogen and oxygen atoms in total. The molecule has 0 bridgehead atoms. The quantitative estimate of drug-likeness (QED) is 0.427. The summed E-state index contributed by atoms with van der Waals surface area (Å²) in [4.78, 5) is 25.0. The summed E-state index contributed by atoms with van der Waals surface area (Å²) >= 11 is 1.31. The fraction of sp³-hybridized carbons (Fsp3) is 0.360. The van der Waals surface area contributed by atoms with E-state index >= 15 is 0 Å². The monoisotopic (exact) mass is 481 g/mol. The minimum atomic E-state index is -0.328. The van der Waals surface area contributed by atoms with Gasteiger partial charge in [0.05, 0.1) is 25.3 Å². The van der Waals surface area contributed by atoms with Crippen LogP contribution in [-0.2, 0) is 29.5 Å². The molecule has 3 rings (SSSR count). The normalized spacial score (nSPS) is 11.7. The maximum absolute atomic E-state index is 12.6. The summed E-state index contributed by atoms with van der Waals surface area (Å²) in [7, 11) is 3.44. The number of aryl methyl sites for hydroxylation is 2. The summed E-state index contributed by atoms with van der Waals surface area (Å²) in [6, 6.07) is 13.1. The van der Waals surface area contributed by atoms with Crippen molar-refractivity contribution >= 4 is 29.3 Å². The predicted molar refractivity (Wildman–Crippen MR) is 134 cm³/mol. The van der Waals surface area contributed by atoms with Crippen LogP contribution in [0.2, 0.25) is 0 Å². The van der Waals surface area contributed by atoms with Gasteiger partial charge in [0.25, 0.3) is 0 Å². The highest BCUT2D eigenvalue weighted by atomic mass is 32.2. The predicted octanol–water partition coefficient (Wildman–Crippen LogP) is 3.85. The van der Waals surface area contributed by atoms with Crippen LogP contribution in [-0.4, -0.2) is 39.4 Å². The van der Waals surface area contributed by atoms with Crippen LogP contribution in [0, 0.1) is 6.92 Å². The van der Waals surface area contributed by atoms with Crippen LogP contribution >= 0.6 is 11.8 Å². The van der Waals surface area contributed by atoms with Gasteiger partial charge < -0.3 is 19.9 Å². The van der Waals surface area contributed by atoms with E-state index in [0.717, 1.165) is 34.5 Å². The summed E-state index contributed by atoms with van der Waals surface area (Å²) in [5.41, 5.74) is 3.92. The van der Waals surface area contributed by atoms with Crippen LogP contribution in [0.15, 0.2) is 47.6 Å². The third kappa shape index (κ3) is 6.38. The molecule has 0 aliphatic carbocycles. The van der Waals surface area contributed by atoms with E-state index in [2.05, 4.69) is 27.8 Å². The molecule has 34 heavy (non-hydrogen) atoms. The summed E-state index contributed by atoms with van der Waals surface area (Å²) < 4.78 is 6.95. The van der Waals surface area contributed by atoms with E-state index in [4.69, 9.17) is 4.74 Å². The highest BCUT2D eigenvalue weighted by Crippen LogP contribution is 2.23. The largest absolute Gasteiger partial charge is 0.497 e. The molecule has 0 fully saturated rings. The van der Waals surface area contributed by atoms with Gasteiger partial charge in [-0.1, -0.05) is 49.0 Å². The lowest BCUT2D eigenvalue weighted by atomic mass is 10.1. The third-order valence-corrected chi connectivity index (χ3v) is 6.51. The number of nitrogens with one attached hydrogen (secondary N) is 2. The lowest BCUT2D eigenvalue weighted by Gasteiger charge is -2.14. The Bertz CT molecular complexity index is 1140. The number of carbonyl (C=O) groups excluding carboxylic acids is 2. The van der Waals surface area contributed by atoms with Crippen molar-refractivity contribution in [3.8, 4) is 5.75 Å². The average molecular weight is 482 g/mol. The molecule has 0 saturated carbocycles. The van der Waals surface area contributed by atoms with Crippen LogP contribution in [0.25, 0.3) is 0 Å². The molecule has 1 aromatic heterocycles. The lowest BCUT2D eigenvalue weighted by molar-refractivity contribution is -0.121. The highest BCUT2D eigenvalue weighted by molar-refractivity contribution is 7.99. The number of thioether (sulfide) groups is 1. The molecule has 2 N–H and O–H groups in total. The SMILES string of the molecule is CCc1cccc(C)c1NC(=O)CSc1nnc([C@H](C)NC(=O)Cc2ccc(OC)cc2)n1C. The first-order valence-electron chi connectivity index (χ1n) is 11.1. The highest BCUT2D eigenvalue weighted by Gasteiger charge is 2.19. The van der Waals surface area contributed by atoms with E-state index in [1.165, 1.54) is 11.8 Å². The van der Waals surface area contributed by atoms with Crippen molar-refractivity contribution in [3.63, 3.8) is 0 Å². The molecule has 180 valence electrons. The zero-order valence-electron chi connectivity index (χ0n) is 20.2. The Kier molecular flexibility index (Phi) is 8.70. The van der Waals surface area contributed by atoms with Gasteiger partial charge >= 0.3 is 0 Å². The second-order valence-electron chi connectivity index (χ2n) is 8.01. The summed E-state index contributed by atoms with van der Waals surface area (Å²) in [6.45, 7) is 5.92. The van der Waals surface area contributed by atoms with Crippen molar-refractivity contribution in [1.29, 1.82) is 0 Å². The molecular formula is C25H31N5O3S. The van der Waals surface area contributed by atoms with Crippen molar-refractivity contribution in [2.24, 2.45) is 7.05 Å². The second-order valence-corrected chi connectivity index (χ2v) is 8.96. The summed E-state index contributed by atoms with van der Waals surface area (Å²) in [5, 5.41) is 15.0. The standard InChI is InChI=1S/C25H31N5O3S/c1-6-19-9-7-8-16(2)23(19)27-22(32)15-34-25-29-28-24(30(25)4)17(3)26-21(31)14-18-10-12-20(33-5)13-11-18/h7-13,17H,6,14-15H2,1-5H3,(H,26,31)(H,27,32)/t17-/m0/s1. The van der Waals surface area contributed by atoms with E-state index in [-0.39, 0.29) is 30.0 Å². The summed E-state index contributed by atoms with van der Waals surface area (Å²) in [5.74, 6) is 1.37. The Morgan fingerprint density at radius 3 is 2.53 bits per heavy atom. The zero-order valence-corrected chi connectivity index (χ0v) is 21.0. The van der Waals surface area contributed by atoms with Gasteiger partial charge in [-0.3, -0.25) is 9.59 Å². The average Bonchev–Trinajstić information content (AvgIpc) is 3.19. The molecule has 0 saturated heterocycles. The fourth-order valence-corrected chi connectivity index (χ4v) is 4.34. The number of anilines is 1. The molecule has 0 aliphatic heterocycles. The summed E-state index contributed by atoms with van der Waals surface area (Å²) in [6.07, 6.45) is 1.10. The molecule has 1 heterocycles. The van der Waals surface area contributed by atoms with E-state index < -0.39 is 0 Å². The fourth-order valence-electron chi connectivity index (χ4n) is 3.62. The number of amides is 2. The topological polar surface area (TPSA) is 98.1 Å². The number of para-hydroxylation sites is 1. The van der Waals surface area contributed by atoms with Crippen molar-refractivity contribution in [1.82, 2.24) is 20.1 Å². The lowest BCUT2D eigenvalue weighted by Crippen LogP contribution is -2.29. The van der Waals surface area contributed by atoms with Crippen molar-refractivity contribution in [2.75, 3.05) is 18.2 Å². The zero-order chi connectivity index (χ0) is 24.7. The van der Waals surface area contributed by atoms with Crippen molar-refractivity contribution < 1.29 is 14.3 Å². The molecular weight excluding hydrogens is 450 g/mol. The Balaban J connectivity index is 1.55. The van der Waals surface area contributed by atoms with Gasteiger partial charge in [-0.25, -0.2) is 0 Å². The number of methoxy groups -OCH3 is 1. The van der Waals surface area contributed by atoms with Gasteiger partial charge in [0.15, 0.2) is 11.0 Å². The molecule has 0 spiro atoms. The van der Waals surface area contributed by atoms with Gasteiger partial charge in [0.2, 0.25) is 11.8 Å². The van der Waals surface area contributed by atoms with Crippen molar-refractivity contribution in [2.45, 2.75) is 44.8 Å². The number of aromatic nitrogens is 3. The van der Waals surface area contributed by atoms with Gasteiger partial charge in [-0.2, -0.15) is 0 Å². The maximum Gasteiger partial charge on any atom is 0.234 e. The molecule has 9 heteroatoms. The van der Waals surface area contributed by atoms with E-state index in [1.807, 2.05) is 67.9 Å². The smallest absolute Gasteiger partial charge is 0.234 e. The van der Waals surface area contributed by atoms with E-state index in [9.17, 15) is 9.59 Å². The Morgan fingerprint density at radius 1 is 1.12 bits per heavy atom. The number of nitrogens with zero attached hydrogens (tertiary/aromatic N) is 3. The van der Waals surface area contributed by atoms with Crippen molar-refractivity contribution in [3.05, 3.63) is 65.0 Å². The minimum absolute atomic E-state index is 0.0978. The number of rotatable bonds is 10. The van der Waals surface area contributed by atoms with Crippen LogP contribution in [0.1, 0.15) is 42.4 Å². The van der Waals surface area contributed by atoms with E-state index in [0.29, 0.717) is 11.0 Å². The Labute approximate surface area is 204 Å². The number of hydrogen-bond donors (Lipinski definition) is 2. The molecule has 0 radical (unpaired) electrons. The van der Waals surface area contributed by atoms with Crippen LogP contribution in [0.5, 0.6) is 5.75 Å². The minimum Gasteiger partial charge on any atom is -0.497 e. The second kappa shape index (κ2) is 11.7. The molecule has 1 atom stereocenters. The molecule has 0 aliphatic rings. The molecule has 0 unspecified atom stereocenters. The van der Waals surface area contributed by atoms with Gasteiger partial charge in [-0.05, 0) is 49.1 Å². The first kappa shape index (κ1) is 25.3. The van der Waals surface area contributed by atoms with Gasteiger partial charge in [-0.15, -0.1) is 10.2 Å². The number of benzene rings is 2. The number of hydrogen-bond acceptors (Lipinski definition) is 6. The molecule has 2 amide bonds. The van der Waals surface area contributed by atoms with Crippen LogP contribution in [0.3, 0.4) is 0 Å². The third-order valence-electron chi connectivity index (χ3n) is 5.49.